The average molecular weight is 478 g/mol. The Morgan fingerprint density at radius 2 is 1.81 bits per heavy atom. The Labute approximate surface area is 196 Å². The van der Waals surface area contributed by atoms with E-state index in [0.717, 1.165) is 40.7 Å². The fourth-order valence-electron chi connectivity index (χ4n) is 3.97. The minimum atomic E-state index is -3.67. The van der Waals surface area contributed by atoms with E-state index in [9.17, 15) is 13.2 Å². The molecule has 1 aliphatic rings. The van der Waals surface area contributed by atoms with Gasteiger partial charge in [0.05, 0.1) is 18.0 Å². The van der Waals surface area contributed by atoms with Gasteiger partial charge in [-0.05, 0) is 68.0 Å². The van der Waals surface area contributed by atoms with Crippen molar-refractivity contribution in [2.24, 2.45) is 5.92 Å². The number of benzene rings is 2. The lowest BCUT2D eigenvalue weighted by atomic mass is 9.98. The second-order valence-corrected chi connectivity index (χ2v) is 11.1. The molecular weight excluding hydrogens is 446 g/mol. The molecular formula is C24H32ClN3O3S. The Morgan fingerprint density at radius 1 is 1.19 bits per heavy atom. The number of carbonyl (C=O) groups is 1. The number of rotatable bonds is 7. The van der Waals surface area contributed by atoms with E-state index in [4.69, 9.17) is 11.6 Å². The van der Waals surface area contributed by atoms with Crippen molar-refractivity contribution in [2.75, 3.05) is 35.1 Å². The monoisotopic (exact) mass is 477 g/mol. The molecule has 1 amide bonds. The molecule has 6 nitrogen and oxygen atoms in total. The third kappa shape index (κ3) is 6.17. The van der Waals surface area contributed by atoms with Gasteiger partial charge in [-0.25, -0.2) is 8.42 Å². The molecule has 174 valence electrons. The van der Waals surface area contributed by atoms with Gasteiger partial charge in [0.1, 0.15) is 6.54 Å². The van der Waals surface area contributed by atoms with E-state index < -0.39 is 10.0 Å². The van der Waals surface area contributed by atoms with E-state index >= 15 is 0 Å². The Balaban J connectivity index is 1.67. The lowest BCUT2D eigenvalue weighted by Gasteiger charge is -2.32. The number of hydrogen-bond acceptors (Lipinski definition) is 4. The summed E-state index contributed by atoms with van der Waals surface area (Å²) in [6.45, 7) is 7.80. The number of nitrogens with one attached hydrogen (secondary N) is 1. The number of piperidine rings is 1. The first-order chi connectivity index (χ1) is 15.0. The van der Waals surface area contributed by atoms with E-state index in [0.29, 0.717) is 10.7 Å². The molecule has 32 heavy (non-hydrogen) atoms. The van der Waals surface area contributed by atoms with Crippen LogP contribution >= 0.6 is 11.6 Å². The molecule has 1 atom stereocenters. The largest absolute Gasteiger partial charge is 0.372 e. The van der Waals surface area contributed by atoms with Gasteiger partial charge in [-0.2, -0.15) is 0 Å². The molecule has 1 aliphatic heterocycles. The summed E-state index contributed by atoms with van der Waals surface area (Å²) >= 11 is 6.06. The summed E-state index contributed by atoms with van der Waals surface area (Å²) in [5.74, 6) is 0.402. The maximum atomic E-state index is 12.7. The lowest BCUT2D eigenvalue weighted by molar-refractivity contribution is -0.120. The number of carbonyl (C=O) groups excluding carboxylic acids is 1. The highest BCUT2D eigenvalue weighted by molar-refractivity contribution is 7.92. The number of hydrogen-bond donors (Lipinski definition) is 1. The topological polar surface area (TPSA) is 69.7 Å². The number of amides is 1. The fraction of sp³-hybridized carbons (Fsp3) is 0.458. The molecule has 0 saturated carbocycles. The molecule has 0 bridgehead atoms. The Morgan fingerprint density at radius 3 is 2.41 bits per heavy atom. The number of nitrogens with zero attached hydrogens (tertiary/aromatic N) is 2. The van der Waals surface area contributed by atoms with Crippen LogP contribution in [0, 0.1) is 12.8 Å². The van der Waals surface area contributed by atoms with Gasteiger partial charge in [0.25, 0.3) is 0 Å². The predicted octanol–water partition coefficient (Wildman–Crippen LogP) is 4.53. The summed E-state index contributed by atoms with van der Waals surface area (Å²) in [6, 6.07) is 13.0. The first kappa shape index (κ1) is 24.4. The molecule has 2 aromatic rings. The van der Waals surface area contributed by atoms with E-state index in [-0.39, 0.29) is 18.5 Å². The zero-order valence-corrected chi connectivity index (χ0v) is 20.7. The summed E-state index contributed by atoms with van der Waals surface area (Å²) in [7, 11) is -3.67. The van der Waals surface area contributed by atoms with E-state index in [2.05, 4.69) is 29.3 Å². The van der Waals surface area contributed by atoms with Crippen molar-refractivity contribution in [2.45, 2.75) is 39.7 Å². The van der Waals surface area contributed by atoms with Crippen LogP contribution in [0.5, 0.6) is 0 Å². The second-order valence-electron chi connectivity index (χ2n) is 8.75. The van der Waals surface area contributed by atoms with Gasteiger partial charge in [0, 0.05) is 23.8 Å². The zero-order chi connectivity index (χ0) is 23.5. The SMILES string of the molecule is Cc1ccc(Cl)cc1N(CC(=O)NC(C)c1ccc(N2CCC(C)CC2)cc1)S(C)(=O)=O. The highest BCUT2D eigenvalue weighted by Gasteiger charge is 2.24. The predicted molar refractivity (Wildman–Crippen MR) is 132 cm³/mol. The summed E-state index contributed by atoms with van der Waals surface area (Å²) < 4.78 is 25.9. The third-order valence-electron chi connectivity index (χ3n) is 6.05. The van der Waals surface area contributed by atoms with E-state index in [1.165, 1.54) is 18.5 Å². The van der Waals surface area contributed by atoms with Gasteiger partial charge in [-0.3, -0.25) is 9.10 Å². The molecule has 8 heteroatoms. The first-order valence-corrected chi connectivity index (χ1v) is 13.2. The molecule has 1 unspecified atom stereocenters. The molecule has 0 spiro atoms. The van der Waals surface area contributed by atoms with Crippen molar-refractivity contribution in [3.05, 3.63) is 58.6 Å². The number of sulfonamides is 1. The maximum Gasteiger partial charge on any atom is 0.241 e. The Kier molecular flexibility index (Phi) is 7.72. The first-order valence-electron chi connectivity index (χ1n) is 10.9. The van der Waals surface area contributed by atoms with Crippen molar-refractivity contribution in [1.82, 2.24) is 5.32 Å². The van der Waals surface area contributed by atoms with Crippen molar-refractivity contribution in [1.29, 1.82) is 0 Å². The van der Waals surface area contributed by atoms with Crippen LogP contribution in [0.25, 0.3) is 0 Å². The van der Waals surface area contributed by atoms with Crippen LogP contribution < -0.4 is 14.5 Å². The van der Waals surface area contributed by atoms with Crippen LogP contribution in [0.1, 0.15) is 43.9 Å². The number of halogens is 1. The minimum Gasteiger partial charge on any atom is -0.372 e. The number of anilines is 2. The molecule has 0 radical (unpaired) electrons. The molecule has 1 fully saturated rings. The molecule has 0 aliphatic carbocycles. The van der Waals surface area contributed by atoms with Gasteiger partial charge in [-0.1, -0.05) is 36.7 Å². The van der Waals surface area contributed by atoms with Gasteiger partial charge >= 0.3 is 0 Å². The van der Waals surface area contributed by atoms with Crippen LogP contribution in [-0.2, 0) is 14.8 Å². The zero-order valence-electron chi connectivity index (χ0n) is 19.1. The molecule has 1 N–H and O–H groups in total. The summed E-state index contributed by atoms with van der Waals surface area (Å²) in [6.07, 6.45) is 3.50. The van der Waals surface area contributed by atoms with Crippen LogP contribution in [0.3, 0.4) is 0 Å². The summed E-state index contributed by atoms with van der Waals surface area (Å²) in [4.78, 5) is 15.1. The molecule has 3 rings (SSSR count). The molecule has 0 aromatic heterocycles. The number of aryl methyl sites for hydroxylation is 1. The smallest absolute Gasteiger partial charge is 0.241 e. The van der Waals surface area contributed by atoms with Crippen LogP contribution in [0.4, 0.5) is 11.4 Å². The average Bonchev–Trinajstić information content (AvgIpc) is 2.74. The van der Waals surface area contributed by atoms with Gasteiger partial charge in [0.2, 0.25) is 15.9 Å². The van der Waals surface area contributed by atoms with Crippen molar-refractivity contribution in [3.63, 3.8) is 0 Å². The summed E-state index contributed by atoms with van der Waals surface area (Å²) in [5.41, 5.74) is 3.29. The minimum absolute atomic E-state index is 0.250. The van der Waals surface area contributed by atoms with Gasteiger partial charge in [-0.15, -0.1) is 0 Å². The lowest BCUT2D eigenvalue weighted by Crippen LogP contribution is -2.41. The highest BCUT2D eigenvalue weighted by Crippen LogP contribution is 2.27. The fourth-order valence-corrected chi connectivity index (χ4v) is 5.05. The van der Waals surface area contributed by atoms with Gasteiger partial charge < -0.3 is 10.2 Å². The van der Waals surface area contributed by atoms with Crippen molar-refractivity contribution >= 4 is 38.9 Å². The molecule has 2 aromatic carbocycles. The van der Waals surface area contributed by atoms with Crippen LogP contribution in [0.15, 0.2) is 42.5 Å². The van der Waals surface area contributed by atoms with Gasteiger partial charge in [0.15, 0.2) is 0 Å². The van der Waals surface area contributed by atoms with E-state index in [1.54, 1.807) is 25.1 Å². The molecule has 1 heterocycles. The van der Waals surface area contributed by atoms with E-state index in [1.807, 2.05) is 19.1 Å². The molecule has 1 saturated heterocycles. The normalized spacial score (nSPS) is 16.0. The van der Waals surface area contributed by atoms with Crippen molar-refractivity contribution in [3.8, 4) is 0 Å². The Hall–Kier alpha value is -2.25. The Bertz CT molecular complexity index is 1050. The van der Waals surface area contributed by atoms with Crippen LogP contribution in [0.2, 0.25) is 5.02 Å². The quantitative estimate of drug-likeness (QED) is 0.636. The maximum absolute atomic E-state index is 12.7. The summed E-state index contributed by atoms with van der Waals surface area (Å²) in [5, 5.41) is 3.33. The van der Waals surface area contributed by atoms with Crippen LogP contribution in [-0.4, -0.2) is 40.2 Å². The third-order valence-corrected chi connectivity index (χ3v) is 7.41. The second kappa shape index (κ2) is 10.1. The van der Waals surface area contributed by atoms with Crippen molar-refractivity contribution < 1.29 is 13.2 Å². The standard InChI is InChI=1S/C24H32ClN3O3S/c1-17-11-13-27(14-12-17)22-9-6-20(7-10-22)19(3)26-24(29)16-28(32(4,30)31)23-15-21(25)8-5-18(23)2/h5-10,15,17,19H,11-14,16H2,1-4H3,(H,26,29). The highest BCUT2D eigenvalue weighted by atomic mass is 35.5.